The second kappa shape index (κ2) is 7.81. The van der Waals surface area contributed by atoms with Crippen molar-refractivity contribution in [2.24, 2.45) is 0 Å². The molecule has 0 spiro atoms. The van der Waals surface area contributed by atoms with Crippen molar-refractivity contribution < 1.29 is 9.90 Å². The molecule has 0 saturated carbocycles. The van der Waals surface area contributed by atoms with Crippen molar-refractivity contribution in [2.75, 3.05) is 32.1 Å². The highest BCUT2D eigenvalue weighted by atomic mass is 16.3. The third kappa shape index (κ3) is 4.08. The molecule has 0 aliphatic carbocycles. The molecule has 4 rings (SSSR count). The third-order valence-electron chi connectivity index (χ3n) is 5.87. The van der Waals surface area contributed by atoms with E-state index >= 15 is 0 Å². The number of aromatic nitrogens is 3. The van der Waals surface area contributed by atoms with E-state index in [1.54, 1.807) is 44.3 Å². The molecule has 1 saturated heterocycles. The molecule has 3 heterocycles. The van der Waals surface area contributed by atoms with E-state index < -0.39 is 5.60 Å². The fourth-order valence-corrected chi connectivity index (χ4v) is 3.96. The average Bonchev–Trinajstić information content (AvgIpc) is 3.36. The van der Waals surface area contributed by atoms with Crippen molar-refractivity contribution in [3.8, 4) is 0 Å². The second-order valence-electron chi connectivity index (χ2n) is 8.80. The van der Waals surface area contributed by atoms with Crippen LogP contribution >= 0.6 is 0 Å². The first-order valence-corrected chi connectivity index (χ1v) is 10.3. The van der Waals surface area contributed by atoms with Crippen LogP contribution in [0.3, 0.4) is 0 Å². The normalized spacial score (nSPS) is 17.3. The van der Waals surface area contributed by atoms with Crippen molar-refractivity contribution >= 4 is 17.2 Å². The lowest BCUT2D eigenvalue weighted by molar-refractivity contribution is 0.0784. The van der Waals surface area contributed by atoms with E-state index in [1.165, 1.54) is 0 Å². The highest BCUT2D eigenvalue weighted by Crippen LogP contribution is 2.25. The second-order valence-corrected chi connectivity index (χ2v) is 8.80. The lowest BCUT2D eigenvalue weighted by atomic mass is 9.96. The minimum atomic E-state index is -0.925. The molecule has 0 unspecified atom stereocenters. The van der Waals surface area contributed by atoms with Gasteiger partial charge in [-0.05, 0) is 39.9 Å². The maximum atomic E-state index is 12.9. The lowest BCUT2D eigenvalue weighted by Gasteiger charge is -2.22. The monoisotopic (exact) mass is 407 g/mol. The zero-order valence-electron chi connectivity index (χ0n) is 18.0. The standard InChI is InChI=1S/C23H29N5O2/c1-23(2,30)17-7-5-16(6-8-17)20(29)13-18-14-22(28-21(25-18)9-11-24-28)27-12-10-19(15-27)26(3)4/h5-9,11,14,19,30H,10,12-13,15H2,1-4H3/t19-/m0/s1. The predicted molar refractivity (Wildman–Crippen MR) is 117 cm³/mol. The van der Waals surface area contributed by atoms with Crippen LogP contribution in [-0.2, 0) is 12.0 Å². The summed E-state index contributed by atoms with van der Waals surface area (Å²) in [6.45, 7) is 5.34. The van der Waals surface area contributed by atoms with Gasteiger partial charge in [0.2, 0.25) is 0 Å². The number of rotatable bonds is 6. The molecule has 0 amide bonds. The lowest BCUT2D eigenvalue weighted by Crippen LogP contribution is -2.32. The van der Waals surface area contributed by atoms with E-state index in [4.69, 9.17) is 0 Å². The van der Waals surface area contributed by atoms with Gasteiger partial charge >= 0.3 is 0 Å². The molecule has 1 atom stereocenters. The number of aliphatic hydroxyl groups is 1. The Kier molecular flexibility index (Phi) is 5.34. The number of Topliss-reactive ketones (excluding diaryl/α,β-unsaturated/α-hetero) is 1. The topological polar surface area (TPSA) is 74.0 Å². The smallest absolute Gasteiger partial charge is 0.168 e. The first-order chi connectivity index (χ1) is 14.2. The Morgan fingerprint density at radius 3 is 2.60 bits per heavy atom. The zero-order valence-corrected chi connectivity index (χ0v) is 18.0. The maximum absolute atomic E-state index is 12.9. The van der Waals surface area contributed by atoms with Gasteiger partial charge in [-0.1, -0.05) is 24.3 Å². The van der Waals surface area contributed by atoms with Gasteiger partial charge in [-0.3, -0.25) is 4.79 Å². The number of benzene rings is 1. The van der Waals surface area contributed by atoms with Crippen LogP contribution in [0, 0.1) is 0 Å². The molecule has 30 heavy (non-hydrogen) atoms. The molecule has 0 radical (unpaired) electrons. The first kappa shape index (κ1) is 20.5. The molecule has 1 aliphatic heterocycles. The van der Waals surface area contributed by atoms with Gasteiger partial charge in [-0.15, -0.1) is 0 Å². The number of hydrogen-bond donors (Lipinski definition) is 1. The van der Waals surface area contributed by atoms with Crippen LogP contribution in [0.4, 0.5) is 5.82 Å². The van der Waals surface area contributed by atoms with Crippen LogP contribution in [0.25, 0.3) is 5.65 Å². The molecular weight excluding hydrogens is 378 g/mol. The van der Waals surface area contributed by atoms with Crippen molar-refractivity contribution in [3.05, 3.63) is 59.4 Å². The molecule has 158 valence electrons. The quantitative estimate of drug-likeness (QED) is 0.633. The van der Waals surface area contributed by atoms with Gasteiger partial charge in [0, 0.05) is 36.8 Å². The van der Waals surface area contributed by atoms with Gasteiger partial charge < -0.3 is 14.9 Å². The Hall–Kier alpha value is -2.77. The van der Waals surface area contributed by atoms with Gasteiger partial charge in [0.25, 0.3) is 0 Å². The van der Waals surface area contributed by atoms with Crippen LogP contribution in [-0.4, -0.2) is 63.6 Å². The van der Waals surface area contributed by atoms with Crippen molar-refractivity contribution in [3.63, 3.8) is 0 Å². The summed E-state index contributed by atoms with van der Waals surface area (Å²) in [6, 6.07) is 11.5. The van der Waals surface area contributed by atoms with Crippen LogP contribution in [0.2, 0.25) is 0 Å². The number of nitrogens with zero attached hydrogens (tertiary/aromatic N) is 5. The summed E-state index contributed by atoms with van der Waals surface area (Å²) in [5.41, 5.74) is 1.97. The summed E-state index contributed by atoms with van der Waals surface area (Å²) >= 11 is 0. The summed E-state index contributed by atoms with van der Waals surface area (Å²) in [6.07, 6.45) is 3.06. The first-order valence-electron chi connectivity index (χ1n) is 10.3. The Morgan fingerprint density at radius 1 is 1.23 bits per heavy atom. The van der Waals surface area contributed by atoms with Crippen LogP contribution in [0.15, 0.2) is 42.6 Å². The minimum Gasteiger partial charge on any atom is -0.386 e. The Labute approximate surface area is 176 Å². The van der Waals surface area contributed by atoms with Crippen molar-refractivity contribution in [1.82, 2.24) is 19.5 Å². The minimum absolute atomic E-state index is 0.00667. The summed E-state index contributed by atoms with van der Waals surface area (Å²) in [5.74, 6) is 0.988. The molecule has 7 heteroatoms. The van der Waals surface area contributed by atoms with Crippen LogP contribution in [0.5, 0.6) is 0 Å². The maximum Gasteiger partial charge on any atom is 0.168 e. The van der Waals surface area contributed by atoms with E-state index in [0.717, 1.165) is 42.2 Å². The van der Waals surface area contributed by atoms with Gasteiger partial charge in [-0.25, -0.2) is 4.98 Å². The molecule has 3 aromatic rings. The summed E-state index contributed by atoms with van der Waals surface area (Å²) in [4.78, 5) is 22.1. The molecule has 1 N–H and O–H groups in total. The van der Waals surface area contributed by atoms with Gasteiger partial charge in [0.05, 0.1) is 23.9 Å². The third-order valence-corrected chi connectivity index (χ3v) is 5.87. The predicted octanol–water partition coefficient (Wildman–Crippen LogP) is 2.52. The van der Waals surface area contributed by atoms with Gasteiger partial charge in [0.15, 0.2) is 11.4 Å². The van der Waals surface area contributed by atoms with Gasteiger partial charge in [-0.2, -0.15) is 9.61 Å². The molecule has 2 aromatic heterocycles. The fourth-order valence-electron chi connectivity index (χ4n) is 3.96. The number of carbonyl (C=O) groups excluding carboxylic acids is 1. The SMILES string of the molecule is CN(C)[C@H]1CCN(c2cc(CC(=O)c3ccc(C(C)(C)O)cc3)nc3ccnn23)C1. The van der Waals surface area contributed by atoms with E-state index in [2.05, 4.69) is 34.0 Å². The van der Waals surface area contributed by atoms with E-state index in [-0.39, 0.29) is 12.2 Å². The molecule has 1 aromatic carbocycles. The number of hydrogen-bond acceptors (Lipinski definition) is 6. The highest BCUT2D eigenvalue weighted by molar-refractivity contribution is 5.97. The molecular formula is C23H29N5O2. The Bertz CT molecular complexity index is 1050. The Balaban J connectivity index is 1.58. The average molecular weight is 408 g/mol. The Morgan fingerprint density at radius 2 is 1.97 bits per heavy atom. The number of anilines is 1. The van der Waals surface area contributed by atoms with E-state index in [0.29, 0.717) is 11.6 Å². The molecule has 0 bridgehead atoms. The van der Waals surface area contributed by atoms with Crippen molar-refractivity contribution in [1.29, 1.82) is 0 Å². The van der Waals surface area contributed by atoms with Crippen LogP contribution < -0.4 is 4.90 Å². The van der Waals surface area contributed by atoms with E-state index in [9.17, 15) is 9.90 Å². The largest absolute Gasteiger partial charge is 0.386 e. The highest BCUT2D eigenvalue weighted by Gasteiger charge is 2.26. The summed E-state index contributed by atoms with van der Waals surface area (Å²) in [7, 11) is 4.22. The molecule has 7 nitrogen and oxygen atoms in total. The number of ketones is 1. The zero-order chi connectivity index (χ0) is 21.5. The number of likely N-dealkylation sites (N-methyl/N-ethyl adjacent to an activating group) is 1. The fraction of sp³-hybridized carbons (Fsp3) is 0.435. The molecule has 1 fully saturated rings. The van der Waals surface area contributed by atoms with E-state index in [1.807, 2.05) is 16.6 Å². The van der Waals surface area contributed by atoms with Crippen LogP contribution in [0.1, 0.15) is 41.9 Å². The number of carbonyl (C=O) groups is 1. The number of fused-ring (bicyclic) bond motifs is 1. The summed E-state index contributed by atoms with van der Waals surface area (Å²) < 4.78 is 1.85. The van der Waals surface area contributed by atoms with Gasteiger partial charge in [0.1, 0.15) is 5.82 Å². The molecule has 1 aliphatic rings. The summed E-state index contributed by atoms with van der Waals surface area (Å²) in [5, 5.41) is 14.5. The van der Waals surface area contributed by atoms with Crippen molar-refractivity contribution in [2.45, 2.75) is 38.3 Å².